The number of amides is 1. The van der Waals surface area contributed by atoms with Crippen LogP contribution in [0.5, 0.6) is 0 Å². The van der Waals surface area contributed by atoms with Crippen molar-refractivity contribution in [2.45, 2.75) is 31.2 Å². The summed E-state index contributed by atoms with van der Waals surface area (Å²) in [7, 11) is 0. The fourth-order valence-corrected chi connectivity index (χ4v) is 6.39. The third-order valence-corrected chi connectivity index (χ3v) is 7.69. The molecule has 2 aliphatic carbocycles. The SMILES string of the molecule is O=C(Nc1ccc(F)c(F)c1)c1ccc2c(c1)[C@H]1[C@H]3CC[C@@H](C3)[C@@H]1[C@@H](c1ccccc1)N2. The van der Waals surface area contributed by atoms with Crippen LogP contribution in [0.4, 0.5) is 20.2 Å². The first-order chi connectivity index (χ1) is 15.6. The summed E-state index contributed by atoms with van der Waals surface area (Å²) in [5.41, 5.74) is 4.41. The number of carbonyl (C=O) groups excluding carboxylic acids is 1. The van der Waals surface area contributed by atoms with E-state index in [4.69, 9.17) is 0 Å². The molecule has 6 rings (SSSR count). The monoisotopic (exact) mass is 430 g/mol. The molecule has 2 saturated carbocycles. The molecule has 2 bridgehead atoms. The topological polar surface area (TPSA) is 41.1 Å². The highest BCUT2D eigenvalue weighted by molar-refractivity contribution is 6.04. The first kappa shape index (κ1) is 19.5. The number of halogens is 2. The number of hydrogen-bond donors (Lipinski definition) is 2. The van der Waals surface area contributed by atoms with Gasteiger partial charge < -0.3 is 10.6 Å². The van der Waals surface area contributed by atoms with Crippen LogP contribution < -0.4 is 10.6 Å². The van der Waals surface area contributed by atoms with Gasteiger partial charge in [-0.2, -0.15) is 0 Å². The fourth-order valence-electron chi connectivity index (χ4n) is 6.39. The average molecular weight is 430 g/mol. The minimum absolute atomic E-state index is 0.242. The molecule has 5 heteroatoms. The Morgan fingerprint density at radius 2 is 1.72 bits per heavy atom. The summed E-state index contributed by atoms with van der Waals surface area (Å²) in [6.45, 7) is 0. The maximum atomic E-state index is 13.5. The summed E-state index contributed by atoms with van der Waals surface area (Å²) in [4.78, 5) is 12.9. The third-order valence-electron chi connectivity index (χ3n) is 7.69. The van der Waals surface area contributed by atoms with Crippen LogP contribution in [0.1, 0.15) is 52.7 Å². The second-order valence-corrected chi connectivity index (χ2v) is 9.35. The standard InChI is InChI=1S/C27H24F2N2O/c28-21-10-9-19(14-22(21)29)30-27(32)18-8-11-23-20(13-18)24-16-6-7-17(12-16)25(24)26(31-23)15-4-2-1-3-5-15/h1-5,8-11,13-14,16-17,24-26,31H,6-7,12H2,(H,30,32)/t16-,17-,24+,25-,26+/m0/s1. The van der Waals surface area contributed by atoms with Crippen LogP contribution in [-0.2, 0) is 0 Å². The van der Waals surface area contributed by atoms with Crippen LogP contribution in [0.15, 0.2) is 66.7 Å². The van der Waals surface area contributed by atoms with Crippen LogP contribution in [0.3, 0.4) is 0 Å². The van der Waals surface area contributed by atoms with E-state index < -0.39 is 11.6 Å². The first-order valence-corrected chi connectivity index (χ1v) is 11.3. The number of benzene rings is 3. The zero-order chi connectivity index (χ0) is 21.8. The highest BCUT2D eigenvalue weighted by Crippen LogP contribution is 2.63. The number of anilines is 2. The van der Waals surface area contributed by atoms with E-state index in [-0.39, 0.29) is 17.6 Å². The Morgan fingerprint density at radius 3 is 2.53 bits per heavy atom. The Kier molecular flexibility index (Phi) is 4.53. The molecule has 0 saturated heterocycles. The maximum Gasteiger partial charge on any atom is 0.255 e. The Labute approximate surface area is 185 Å². The number of rotatable bonds is 3. The lowest BCUT2D eigenvalue weighted by molar-refractivity contribution is 0.102. The van der Waals surface area contributed by atoms with Crippen LogP contribution in [0, 0.1) is 29.4 Å². The van der Waals surface area contributed by atoms with E-state index in [0.717, 1.165) is 17.8 Å². The van der Waals surface area contributed by atoms with Gasteiger partial charge in [0.1, 0.15) is 0 Å². The Hall–Kier alpha value is -3.21. The van der Waals surface area contributed by atoms with Gasteiger partial charge in [0.15, 0.2) is 11.6 Å². The molecule has 2 N–H and O–H groups in total. The zero-order valence-corrected chi connectivity index (χ0v) is 17.5. The molecular weight excluding hydrogens is 406 g/mol. The van der Waals surface area contributed by atoms with Gasteiger partial charge in [0.25, 0.3) is 5.91 Å². The summed E-state index contributed by atoms with van der Waals surface area (Å²) < 4.78 is 26.7. The molecule has 0 radical (unpaired) electrons. The quantitative estimate of drug-likeness (QED) is 0.497. The first-order valence-electron chi connectivity index (χ1n) is 11.3. The highest BCUT2D eigenvalue weighted by atomic mass is 19.2. The molecule has 1 heterocycles. The molecule has 5 atom stereocenters. The van der Waals surface area contributed by atoms with Gasteiger partial charge in [-0.05, 0) is 84.4 Å². The van der Waals surface area contributed by atoms with E-state index in [0.29, 0.717) is 29.2 Å². The van der Waals surface area contributed by atoms with Gasteiger partial charge in [0, 0.05) is 23.0 Å². The minimum atomic E-state index is -0.978. The van der Waals surface area contributed by atoms with Gasteiger partial charge in [0.05, 0.1) is 6.04 Å². The average Bonchev–Trinajstić information content (AvgIpc) is 3.44. The van der Waals surface area contributed by atoms with E-state index in [1.165, 1.54) is 36.5 Å². The molecule has 1 amide bonds. The summed E-state index contributed by atoms with van der Waals surface area (Å²) in [6.07, 6.45) is 3.78. The van der Waals surface area contributed by atoms with Gasteiger partial charge in [-0.15, -0.1) is 0 Å². The Bertz CT molecular complexity index is 1200. The number of hydrogen-bond acceptors (Lipinski definition) is 2. The van der Waals surface area contributed by atoms with E-state index >= 15 is 0 Å². The molecule has 32 heavy (non-hydrogen) atoms. The number of fused-ring (bicyclic) bond motifs is 7. The van der Waals surface area contributed by atoms with Gasteiger partial charge in [-0.1, -0.05) is 30.3 Å². The lowest BCUT2D eigenvalue weighted by Gasteiger charge is -2.43. The van der Waals surface area contributed by atoms with Crippen molar-refractivity contribution >= 4 is 17.3 Å². The van der Waals surface area contributed by atoms with Crippen molar-refractivity contribution in [3.8, 4) is 0 Å². The van der Waals surface area contributed by atoms with Crippen molar-refractivity contribution in [2.75, 3.05) is 10.6 Å². The predicted octanol–water partition coefficient (Wildman–Crippen LogP) is 6.51. The second kappa shape index (κ2) is 7.44. The lowest BCUT2D eigenvalue weighted by atomic mass is 9.68. The third kappa shape index (κ3) is 3.10. The van der Waals surface area contributed by atoms with E-state index in [2.05, 4.69) is 41.0 Å². The van der Waals surface area contributed by atoms with Crippen molar-refractivity contribution in [1.82, 2.24) is 0 Å². The molecule has 1 aliphatic heterocycles. The largest absolute Gasteiger partial charge is 0.378 e. The normalized spacial score (nSPS) is 27.4. The van der Waals surface area contributed by atoms with Crippen molar-refractivity contribution < 1.29 is 13.6 Å². The fraction of sp³-hybridized carbons (Fsp3) is 0.296. The molecule has 2 fully saturated rings. The summed E-state index contributed by atoms with van der Waals surface area (Å²) >= 11 is 0. The maximum absolute atomic E-state index is 13.5. The van der Waals surface area contributed by atoms with Crippen LogP contribution in [0.25, 0.3) is 0 Å². The van der Waals surface area contributed by atoms with Crippen molar-refractivity contribution in [3.63, 3.8) is 0 Å². The molecular formula is C27H24F2N2O. The van der Waals surface area contributed by atoms with Gasteiger partial charge in [0.2, 0.25) is 0 Å². The Balaban J connectivity index is 1.34. The second-order valence-electron chi connectivity index (χ2n) is 9.35. The summed E-state index contributed by atoms with van der Waals surface area (Å²) in [5, 5.41) is 6.47. The zero-order valence-electron chi connectivity index (χ0n) is 17.5. The van der Waals surface area contributed by atoms with Crippen molar-refractivity contribution in [2.24, 2.45) is 17.8 Å². The van der Waals surface area contributed by atoms with Crippen molar-refractivity contribution in [1.29, 1.82) is 0 Å². The van der Waals surface area contributed by atoms with E-state index in [9.17, 15) is 13.6 Å². The summed E-state index contributed by atoms with van der Waals surface area (Å²) in [6, 6.07) is 20.1. The van der Waals surface area contributed by atoms with E-state index in [1.54, 1.807) is 6.07 Å². The highest BCUT2D eigenvalue weighted by Gasteiger charge is 2.53. The molecule has 3 aromatic carbocycles. The van der Waals surface area contributed by atoms with Crippen LogP contribution >= 0.6 is 0 Å². The lowest BCUT2D eigenvalue weighted by Crippen LogP contribution is -2.35. The van der Waals surface area contributed by atoms with Gasteiger partial charge in [-0.25, -0.2) is 8.78 Å². The molecule has 0 unspecified atom stereocenters. The van der Waals surface area contributed by atoms with Crippen LogP contribution in [-0.4, -0.2) is 5.91 Å². The summed E-state index contributed by atoms with van der Waals surface area (Å²) in [5.74, 6) is 0.0903. The van der Waals surface area contributed by atoms with Crippen molar-refractivity contribution in [3.05, 3.63) is 95.1 Å². The van der Waals surface area contributed by atoms with Gasteiger partial charge >= 0.3 is 0 Å². The van der Waals surface area contributed by atoms with E-state index in [1.807, 2.05) is 12.1 Å². The number of carbonyl (C=O) groups is 1. The van der Waals surface area contributed by atoms with Crippen LogP contribution in [0.2, 0.25) is 0 Å². The molecule has 3 aliphatic rings. The molecule has 0 spiro atoms. The smallest absolute Gasteiger partial charge is 0.255 e. The Morgan fingerprint density at radius 1 is 0.906 bits per heavy atom. The minimum Gasteiger partial charge on any atom is -0.378 e. The predicted molar refractivity (Wildman–Crippen MR) is 121 cm³/mol. The molecule has 3 aromatic rings. The molecule has 3 nitrogen and oxygen atoms in total. The molecule has 162 valence electrons. The molecule has 0 aromatic heterocycles. The number of nitrogens with one attached hydrogen (secondary N) is 2. The van der Waals surface area contributed by atoms with Gasteiger partial charge in [-0.3, -0.25) is 4.79 Å².